The second-order valence-electron chi connectivity index (χ2n) is 4.30. The van der Waals surface area contributed by atoms with Crippen molar-refractivity contribution in [2.75, 3.05) is 0 Å². The van der Waals surface area contributed by atoms with E-state index in [1.54, 1.807) is 25.1 Å². The number of nitrogens with zero attached hydrogens (tertiary/aromatic N) is 1. The highest BCUT2D eigenvalue weighted by Crippen LogP contribution is 2.23. The molecule has 0 unspecified atom stereocenters. The lowest BCUT2D eigenvalue weighted by atomic mass is 10.2. The van der Waals surface area contributed by atoms with Crippen LogP contribution >= 0.6 is 23.2 Å². The Kier molecular flexibility index (Phi) is 4.82. The van der Waals surface area contributed by atoms with Crippen molar-refractivity contribution in [2.24, 2.45) is 5.10 Å². The molecule has 0 fully saturated rings. The molecule has 3 N–H and O–H groups in total. The van der Waals surface area contributed by atoms with Crippen LogP contribution in [0, 0.1) is 6.92 Å². The number of aromatic nitrogens is 2. The molecule has 1 heterocycles. The molecule has 0 aliphatic carbocycles. The van der Waals surface area contributed by atoms with E-state index in [-0.39, 0.29) is 12.0 Å². The minimum atomic E-state index is -0.405. The number of halogens is 2. The Morgan fingerprint density at radius 3 is 2.81 bits per heavy atom. The van der Waals surface area contributed by atoms with Crippen LogP contribution in [0.3, 0.4) is 0 Å². The number of nitrogens with one attached hydrogen (secondary N) is 3. The first-order chi connectivity index (χ1) is 9.99. The quantitative estimate of drug-likeness (QED) is 0.592. The van der Waals surface area contributed by atoms with E-state index in [1.165, 1.54) is 6.21 Å². The van der Waals surface area contributed by atoms with Gasteiger partial charge in [0.05, 0.1) is 22.7 Å². The zero-order chi connectivity index (χ0) is 15.4. The number of carbonyl (C=O) groups excluding carboxylic acids is 1. The van der Waals surface area contributed by atoms with Gasteiger partial charge in [-0.15, -0.1) is 0 Å². The average molecular weight is 327 g/mol. The van der Waals surface area contributed by atoms with E-state index in [4.69, 9.17) is 23.2 Å². The Morgan fingerprint density at radius 1 is 1.38 bits per heavy atom. The van der Waals surface area contributed by atoms with E-state index < -0.39 is 5.91 Å². The molecule has 0 atom stereocenters. The Hall–Kier alpha value is -2.05. The summed E-state index contributed by atoms with van der Waals surface area (Å²) in [5.41, 5.74) is 3.60. The second kappa shape index (κ2) is 6.60. The van der Waals surface area contributed by atoms with E-state index in [0.717, 1.165) is 0 Å². The summed E-state index contributed by atoms with van der Waals surface area (Å²) in [5, 5.41) is 9.61. The summed E-state index contributed by atoms with van der Waals surface area (Å²) < 4.78 is 0. The number of carbonyl (C=O) groups is 1. The zero-order valence-corrected chi connectivity index (χ0v) is 12.5. The van der Waals surface area contributed by atoms with Crippen molar-refractivity contribution in [3.63, 3.8) is 0 Å². The van der Waals surface area contributed by atoms with Crippen LogP contribution < -0.4 is 11.0 Å². The maximum absolute atomic E-state index is 11.7. The third-order valence-corrected chi connectivity index (χ3v) is 3.64. The number of aromatic amines is 2. The van der Waals surface area contributed by atoms with Gasteiger partial charge in [0, 0.05) is 16.8 Å². The molecule has 0 aliphatic heterocycles. The van der Waals surface area contributed by atoms with E-state index in [2.05, 4.69) is 20.7 Å². The molecule has 0 saturated carbocycles. The molecule has 2 aromatic rings. The van der Waals surface area contributed by atoms with Crippen LogP contribution in [0.2, 0.25) is 10.0 Å². The molecule has 110 valence electrons. The van der Waals surface area contributed by atoms with Crippen LogP contribution in [0.4, 0.5) is 0 Å². The zero-order valence-electron chi connectivity index (χ0n) is 11.0. The Labute approximate surface area is 130 Å². The highest BCUT2D eigenvalue weighted by molar-refractivity contribution is 6.43. The van der Waals surface area contributed by atoms with Crippen molar-refractivity contribution in [1.82, 2.24) is 15.6 Å². The average Bonchev–Trinajstić information content (AvgIpc) is 2.75. The number of rotatable bonds is 4. The van der Waals surface area contributed by atoms with E-state index in [0.29, 0.717) is 26.9 Å². The molecule has 8 heteroatoms. The van der Waals surface area contributed by atoms with Crippen LogP contribution in [-0.2, 0) is 11.2 Å². The van der Waals surface area contributed by atoms with Crippen LogP contribution in [0.25, 0.3) is 0 Å². The summed E-state index contributed by atoms with van der Waals surface area (Å²) in [6, 6.07) is 5.09. The fraction of sp³-hybridized carbons (Fsp3) is 0.154. The normalized spacial score (nSPS) is 11.0. The van der Waals surface area contributed by atoms with Gasteiger partial charge in [-0.3, -0.25) is 14.7 Å². The number of H-pyrrole nitrogens is 2. The SMILES string of the molecule is Cc1[nH][nH]c(=O)c1CC(=O)NN=Cc1cccc(Cl)c1Cl. The van der Waals surface area contributed by atoms with Crippen molar-refractivity contribution in [2.45, 2.75) is 13.3 Å². The fourth-order valence-electron chi connectivity index (χ4n) is 1.68. The summed E-state index contributed by atoms with van der Waals surface area (Å²) in [5.74, 6) is -0.405. The highest BCUT2D eigenvalue weighted by atomic mass is 35.5. The highest BCUT2D eigenvalue weighted by Gasteiger charge is 2.10. The van der Waals surface area contributed by atoms with Gasteiger partial charge in [0.15, 0.2) is 0 Å². The molecule has 0 saturated heterocycles. The molecule has 6 nitrogen and oxygen atoms in total. The van der Waals surface area contributed by atoms with Crippen molar-refractivity contribution in [3.8, 4) is 0 Å². The molecule has 1 amide bonds. The van der Waals surface area contributed by atoms with Gasteiger partial charge in [-0.1, -0.05) is 35.3 Å². The molecule has 1 aromatic carbocycles. The number of aryl methyl sites for hydroxylation is 1. The standard InChI is InChI=1S/C13H12Cl2N4O2/c1-7-9(13(21)19-17-7)5-11(20)18-16-6-8-3-2-4-10(14)12(8)15/h2-4,6H,5H2,1H3,(H,18,20)(H2,17,19,21). The number of amides is 1. The molecule has 0 aliphatic rings. The van der Waals surface area contributed by atoms with Gasteiger partial charge in [0.2, 0.25) is 5.91 Å². The van der Waals surface area contributed by atoms with Crippen molar-refractivity contribution in [3.05, 3.63) is 55.4 Å². The van der Waals surface area contributed by atoms with Gasteiger partial charge >= 0.3 is 0 Å². The monoisotopic (exact) mass is 326 g/mol. The summed E-state index contributed by atoms with van der Waals surface area (Å²) >= 11 is 11.8. The fourth-order valence-corrected chi connectivity index (χ4v) is 2.04. The molecule has 0 spiro atoms. The smallest absolute Gasteiger partial charge is 0.267 e. The van der Waals surface area contributed by atoms with E-state index >= 15 is 0 Å². The van der Waals surface area contributed by atoms with Crippen molar-refractivity contribution >= 4 is 35.3 Å². The van der Waals surface area contributed by atoms with Gasteiger partial charge in [-0.25, -0.2) is 5.43 Å². The molecule has 0 bridgehead atoms. The number of benzene rings is 1. The second-order valence-corrected chi connectivity index (χ2v) is 5.08. The summed E-state index contributed by atoms with van der Waals surface area (Å²) in [4.78, 5) is 23.1. The summed E-state index contributed by atoms with van der Waals surface area (Å²) in [6.07, 6.45) is 1.33. The third-order valence-electron chi connectivity index (χ3n) is 2.80. The lowest BCUT2D eigenvalue weighted by Gasteiger charge is -2.00. The molecule has 0 radical (unpaired) electrons. The first kappa shape index (κ1) is 15.3. The van der Waals surface area contributed by atoms with Crippen molar-refractivity contribution < 1.29 is 4.79 Å². The van der Waals surface area contributed by atoms with Gasteiger partial charge in [0.1, 0.15) is 0 Å². The van der Waals surface area contributed by atoms with Crippen molar-refractivity contribution in [1.29, 1.82) is 0 Å². The van der Waals surface area contributed by atoms with E-state index in [1.807, 2.05) is 0 Å². The predicted molar refractivity (Wildman–Crippen MR) is 82.1 cm³/mol. The van der Waals surface area contributed by atoms with Gasteiger partial charge in [-0.05, 0) is 13.0 Å². The van der Waals surface area contributed by atoms with Crippen LogP contribution in [0.5, 0.6) is 0 Å². The van der Waals surface area contributed by atoms with Gasteiger partial charge < -0.3 is 5.10 Å². The lowest BCUT2D eigenvalue weighted by Crippen LogP contribution is -2.23. The predicted octanol–water partition coefficient (Wildman–Crippen LogP) is 2.01. The third kappa shape index (κ3) is 3.74. The van der Waals surface area contributed by atoms with E-state index in [9.17, 15) is 9.59 Å². The van der Waals surface area contributed by atoms with Gasteiger partial charge in [-0.2, -0.15) is 5.10 Å². The van der Waals surface area contributed by atoms with Crippen LogP contribution in [0.15, 0.2) is 28.1 Å². The summed E-state index contributed by atoms with van der Waals surface area (Å²) in [7, 11) is 0. The maximum atomic E-state index is 11.7. The Bertz CT molecular complexity index is 749. The Balaban J connectivity index is 2.00. The molecular weight excluding hydrogens is 315 g/mol. The van der Waals surface area contributed by atoms with Crippen LogP contribution in [-0.4, -0.2) is 22.3 Å². The summed E-state index contributed by atoms with van der Waals surface area (Å²) in [6.45, 7) is 1.70. The number of hydrogen-bond donors (Lipinski definition) is 3. The number of hydrogen-bond acceptors (Lipinski definition) is 3. The van der Waals surface area contributed by atoms with Gasteiger partial charge in [0.25, 0.3) is 5.56 Å². The Morgan fingerprint density at radius 2 is 2.14 bits per heavy atom. The molecular formula is C13H12Cl2N4O2. The molecule has 21 heavy (non-hydrogen) atoms. The topological polar surface area (TPSA) is 90.1 Å². The minimum Gasteiger partial charge on any atom is -0.302 e. The number of hydrazone groups is 1. The molecule has 2 rings (SSSR count). The first-order valence-electron chi connectivity index (χ1n) is 6.01. The largest absolute Gasteiger partial charge is 0.302 e. The lowest BCUT2D eigenvalue weighted by molar-refractivity contribution is -0.120. The minimum absolute atomic E-state index is 0.0642. The van der Waals surface area contributed by atoms with Crippen LogP contribution in [0.1, 0.15) is 16.8 Å². The first-order valence-corrected chi connectivity index (χ1v) is 6.76. The maximum Gasteiger partial charge on any atom is 0.267 e. The molecule has 1 aromatic heterocycles.